The summed E-state index contributed by atoms with van der Waals surface area (Å²) in [6, 6.07) is 17.4. The Bertz CT molecular complexity index is 1200. The summed E-state index contributed by atoms with van der Waals surface area (Å²) in [7, 11) is 0. The Balaban J connectivity index is 1.75. The number of carbonyl (C=O) groups is 2. The van der Waals surface area contributed by atoms with E-state index in [4.69, 9.17) is 4.42 Å². The minimum atomic E-state index is -0.360. The lowest BCUT2D eigenvalue weighted by Gasteiger charge is -2.19. The van der Waals surface area contributed by atoms with Gasteiger partial charge in [0.1, 0.15) is 11.5 Å². The Morgan fingerprint density at radius 3 is 2.25 bits per heavy atom. The number of nitrogens with one attached hydrogen (secondary N) is 1. The molecule has 1 N–H and O–H groups in total. The average molecular weight is 429 g/mol. The average Bonchev–Trinajstić information content (AvgIpc) is 3.32. The molecule has 1 aliphatic rings. The molecule has 0 fully saturated rings. The Kier molecular flexibility index (Phi) is 5.51. The highest BCUT2D eigenvalue weighted by Gasteiger charge is 2.40. The van der Waals surface area contributed by atoms with Crippen molar-refractivity contribution in [3.8, 4) is 0 Å². The molecule has 5 heteroatoms. The van der Waals surface area contributed by atoms with Crippen molar-refractivity contribution in [1.82, 2.24) is 4.90 Å². The van der Waals surface area contributed by atoms with E-state index in [1.165, 1.54) is 16.7 Å². The maximum Gasteiger partial charge on any atom is 0.278 e. The number of rotatable bonds is 5. The fourth-order valence-corrected chi connectivity index (χ4v) is 3.94. The van der Waals surface area contributed by atoms with Crippen LogP contribution in [0.1, 0.15) is 48.8 Å². The monoisotopic (exact) mass is 428 g/mol. The van der Waals surface area contributed by atoms with E-state index in [-0.39, 0.29) is 29.5 Å². The van der Waals surface area contributed by atoms with Crippen LogP contribution in [0.25, 0.3) is 5.57 Å². The van der Waals surface area contributed by atoms with Gasteiger partial charge in [-0.2, -0.15) is 0 Å². The summed E-state index contributed by atoms with van der Waals surface area (Å²) in [5.41, 5.74) is 5.46. The molecule has 2 heterocycles. The van der Waals surface area contributed by atoms with E-state index in [0.29, 0.717) is 11.3 Å². The van der Waals surface area contributed by atoms with Gasteiger partial charge in [-0.05, 0) is 60.2 Å². The number of aryl methyl sites for hydroxylation is 2. The van der Waals surface area contributed by atoms with Crippen molar-refractivity contribution in [2.75, 3.05) is 5.32 Å². The first-order valence-corrected chi connectivity index (χ1v) is 10.7. The molecule has 5 nitrogen and oxygen atoms in total. The van der Waals surface area contributed by atoms with Gasteiger partial charge in [0, 0.05) is 5.69 Å². The summed E-state index contributed by atoms with van der Waals surface area (Å²) in [4.78, 5) is 28.0. The smallest absolute Gasteiger partial charge is 0.278 e. The minimum Gasteiger partial charge on any atom is -0.467 e. The van der Waals surface area contributed by atoms with E-state index >= 15 is 0 Å². The summed E-state index contributed by atoms with van der Waals surface area (Å²) in [6.45, 7) is 10.5. The molecule has 0 saturated carbocycles. The van der Waals surface area contributed by atoms with E-state index in [2.05, 4.69) is 26.1 Å². The second-order valence-electron chi connectivity index (χ2n) is 9.30. The van der Waals surface area contributed by atoms with Gasteiger partial charge in [0.15, 0.2) is 0 Å². The molecule has 2 amide bonds. The van der Waals surface area contributed by atoms with Crippen molar-refractivity contribution < 1.29 is 14.0 Å². The van der Waals surface area contributed by atoms with E-state index in [1.807, 2.05) is 56.3 Å². The van der Waals surface area contributed by atoms with Gasteiger partial charge in [0.05, 0.1) is 18.4 Å². The van der Waals surface area contributed by atoms with Crippen LogP contribution in [0.4, 0.5) is 5.69 Å². The summed E-state index contributed by atoms with van der Waals surface area (Å²) in [6.07, 6.45) is 1.54. The fraction of sp³-hybridized carbons (Fsp3) is 0.259. The summed E-state index contributed by atoms with van der Waals surface area (Å²) in [5, 5.41) is 3.24. The number of nitrogens with zero attached hydrogens (tertiary/aromatic N) is 1. The van der Waals surface area contributed by atoms with Crippen LogP contribution < -0.4 is 5.32 Å². The van der Waals surface area contributed by atoms with Crippen molar-refractivity contribution >= 4 is 23.1 Å². The van der Waals surface area contributed by atoms with Gasteiger partial charge >= 0.3 is 0 Å². The molecule has 1 aromatic heterocycles. The lowest BCUT2D eigenvalue weighted by molar-refractivity contribution is -0.137. The predicted octanol–water partition coefficient (Wildman–Crippen LogP) is 5.59. The summed E-state index contributed by atoms with van der Waals surface area (Å²) in [5.74, 6) is -0.129. The zero-order valence-corrected chi connectivity index (χ0v) is 19.2. The van der Waals surface area contributed by atoms with Crippen LogP contribution in [0.5, 0.6) is 0 Å². The molecule has 32 heavy (non-hydrogen) atoms. The second kappa shape index (κ2) is 8.15. The first kappa shape index (κ1) is 21.6. The van der Waals surface area contributed by atoms with Gasteiger partial charge < -0.3 is 9.73 Å². The van der Waals surface area contributed by atoms with Crippen molar-refractivity contribution in [3.63, 3.8) is 0 Å². The van der Waals surface area contributed by atoms with E-state index in [0.717, 1.165) is 22.4 Å². The number of imide groups is 1. The van der Waals surface area contributed by atoms with Crippen LogP contribution in [0.15, 0.2) is 71.0 Å². The van der Waals surface area contributed by atoms with Gasteiger partial charge in [-0.3, -0.25) is 14.5 Å². The van der Waals surface area contributed by atoms with Crippen LogP contribution in [-0.2, 0) is 21.5 Å². The number of anilines is 1. The highest BCUT2D eigenvalue weighted by atomic mass is 16.3. The summed E-state index contributed by atoms with van der Waals surface area (Å²) < 4.78 is 5.39. The normalized spacial score (nSPS) is 14.5. The molecule has 0 radical (unpaired) electrons. The quantitative estimate of drug-likeness (QED) is 0.539. The van der Waals surface area contributed by atoms with Crippen LogP contribution in [0.2, 0.25) is 0 Å². The third-order valence-corrected chi connectivity index (χ3v) is 5.73. The molecule has 0 atom stereocenters. The number of hydrogen-bond acceptors (Lipinski definition) is 4. The molecule has 0 bridgehead atoms. The first-order chi connectivity index (χ1) is 15.1. The van der Waals surface area contributed by atoms with Crippen molar-refractivity contribution in [3.05, 3.63) is 94.6 Å². The third-order valence-electron chi connectivity index (χ3n) is 5.73. The first-order valence-electron chi connectivity index (χ1n) is 10.7. The molecule has 164 valence electrons. The minimum absolute atomic E-state index is 0.0287. The lowest BCUT2D eigenvalue weighted by Crippen LogP contribution is -2.31. The zero-order chi connectivity index (χ0) is 23.0. The largest absolute Gasteiger partial charge is 0.467 e. The van der Waals surface area contributed by atoms with Crippen molar-refractivity contribution in [1.29, 1.82) is 0 Å². The highest BCUT2D eigenvalue weighted by Crippen LogP contribution is 2.34. The van der Waals surface area contributed by atoms with Crippen molar-refractivity contribution in [2.24, 2.45) is 0 Å². The molecule has 2 aromatic carbocycles. The van der Waals surface area contributed by atoms with Crippen LogP contribution in [0, 0.1) is 13.8 Å². The van der Waals surface area contributed by atoms with Crippen LogP contribution in [-0.4, -0.2) is 16.7 Å². The van der Waals surface area contributed by atoms with Crippen LogP contribution >= 0.6 is 0 Å². The topological polar surface area (TPSA) is 62.6 Å². The van der Waals surface area contributed by atoms with Gasteiger partial charge in [0.25, 0.3) is 11.8 Å². The van der Waals surface area contributed by atoms with Crippen molar-refractivity contribution in [2.45, 2.75) is 46.6 Å². The second-order valence-corrected chi connectivity index (χ2v) is 9.30. The predicted molar refractivity (Wildman–Crippen MR) is 126 cm³/mol. The van der Waals surface area contributed by atoms with E-state index < -0.39 is 0 Å². The van der Waals surface area contributed by atoms with Crippen LogP contribution in [0.3, 0.4) is 0 Å². The molecule has 1 aliphatic heterocycles. The molecular formula is C27H28N2O3. The number of carbonyl (C=O) groups excluding carboxylic acids is 2. The van der Waals surface area contributed by atoms with Gasteiger partial charge in [-0.1, -0.05) is 56.7 Å². The zero-order valence-electron chi connectivity index (χ0n) is 19.2. The Morgan fingerprint density at radius 2 is 1.66 bits per heavy atom. The molecule has 4 rings (SSSR count). The number of hydrogen-bond donors (Lipinski definition) is 1. The Hall–Kier alpha value is -3.60. The maximum atomic E-state index is 13.4. The molecule has 0 aliphatic carbocycles. The van der Waals surface area contributed by atoms with Gasteiger partial charge in [0.2, 0.25) is 0 Å². The highest BCUT2D eigenvalue weighted by molar-refractivity contribution is 6.36. The lowest BCUT2D eigenvalue weighted by atomic mass is 9.87. The molecule has 0 spiro atoms. The third kappa shape index (κ3) is 4.11. The fourth-order valence-electron chi connectivity index (χ4n) is 3.94. The molecule has 3 aromatic rings. The Labute approximate surface area is 188 Å². The number of amides is 2. The molecule has 0 unspecified atom stereocenters. The van der Waals surface area contributed by atoms with Gasteiger partial charge in [-0.15, -0.1) is 0 Å². The summed E-state index contributed by atoms with van der Waals surface area (Å²) >= 11 is 0. The SMILES string of the molecule is Cc1ccc(C2=C(Nc3ccc(C(C)(C)C)cc3)C(=O)N(Cc3ccco3)C2=O)c(C)c1. The number of benzene rings is 2. The Morgan fingerprint density at radius 1 is 0.938 bits per heavy atom. The maximum absolute atomic E-state index is 13.4. The molecular weight excluding hydrogens is 400 g/mol. The molecule has 0 saturated heterocycles. The number of furan rings is 1. The van der Waals surface area contributed by atoms with Gasteiger partial charge in [-0.25, -0.2) is 0 Å². The van der Waals surface area contributed by atoms with E-state index in [9.17, 15) is 9.59 Å². The standard InChI is InChI=1S/C27H28N2O3/c1-17-8-13-22(18(2)15-17)23-24(28-20-11-9-19(10-12-20)27(3,4)5)26(31)29(25(23)30)16-21-7-6-14-32-21/h6-15,28H,16H2,1-5H3. The van der Waals surface area contributed by atoms with E-state index in [1.54, 1.807) is 12.1 Å².